The van der Waals surface area contributed by atoms with Crippen LogP contribution in [0.5, 0.6) is 0 Å². The standard InChI is InChI=1S/C11H13Cl2NO/c1-7(2)11(15)14(3)8-4-5-9(12)10(13)6-8/h4-7H,1-3H3. The molecule has 0 heterocycles. The first kappa shape index (κ1) is 12.3. The van der Waals surface area contributed by atoms with Gasteiger partial charge in [-0.2, -0.15) is 0 Å². The van der Waals surface area contributed by atoms with Crippen molar-refractivity contribution in [1.82, 2.24) is 0 Å². The molecule has 82 valence electrons. The van der Waals surface area contributed by atoms with Crippen molar-refractivity contribution in [2.45, 2.75) is 13.8 Å². The zero-order valence-corrected chi connectivity index (χ0v) is 10.4. The van der Waals surface area contributed by atoms with E-state index in [9.17, 15) is 4.79 Å². The highest BCUT2D eigenvalue weighted by atomic mass is 35.5. The summed E-state index contributed by atoms with van der Waals surface area (Å²) in [5, 5.41) is 0.948. The zero-order valence-electron chi connectivity index (χ0n) is 8.92. The molecule has 15 heavy (non-hydrogen) atoms. The highest BCUT2D eigenvalue weighted by Crippen LogP contribution is 2.27. The molecule has 0 aromatic heterocycles. The van der Waals surface area contributed by atoms with Crippen molar-refractivity contribution in [3.05, 3.63) is 28.2 Å². The SMILES string of the molecule is CC(C)C(=O)N(C)c1ccc(Cl)c(Cl)c1. The molecule has 1 aromatic rings. The Hall–Kier alpha value is -0.730. The predicted molar refractivity (Wildman–Crippen MR) is 64.7 cm³/mol. The van der Waals surface area contributed by atoms with Gasteiger partial charge in [0.05, 0.1) is 10.0 Å². The first-order chi connectivity index (χ1) is 6.93. The summed E-state index contributed by atoms with van der Waals surface area (Å²) in [6, 6.07) is 5.14. The third kappa shape index (κ3) is 2.86. The molecule has 1 rings (SSSR count). The van der Waals surface area contributed by atoms with Crippen LogP contribution >= 0.6 is 23.2 Å². The number of carbonyl (C=O) groups excluding carboxylic acids is 1. The number of anilines is 1. The normalized spacial score (nSPS) is 10.5. The van der Waals surface area contributed by atoms with Gasteiger partial charge in [0.15, 0.2) is 0 Å². The molecule has 0 unspecified atom stereocenters. The van der Waals surface area contributed by atoms with Crippen molar-refractivity contribution in [3.8, 4) is 0 Å². The molecule has 0 aliphatic carbocycles. The van der Waals surface area contributed by atoms with Crippen LogP contribution in [0.2, 0.25) is 10.0 Å². The average Bonchev–Trinajstić information content (AvgIpc) is 2.19. The fourth-order valence-corrected chi connectivity index (χ4v) is 1.50. The first-order valence-corrected chi connectivity index (χ1v) is 5.41. The van der Waals surface area contributed by atoms with E-state index >= 15 is 0 Å². The Kier molecular flexibility index (Phi) is 4.00. The molecule has 2 nitrogen and oxygen atoms in total. The number of hydrogen-bond acceptors (Lipinski definition) is 1. The highest BCUT2D eigenvalue weighted by molar-refractivity contribution is 6.42. The van der Waals surface area contributed by atoms with Gasteiger partial charge in [0.2, 0.25) is 5.91 Å². The van der Waals surface area contributed by atoms with E-state index in [-0.39, 0.29) is 11.8 Å². The monoisotopic (exact) mass is 245 g/mol. The summed E-state index contributed by atoms with van der Waals surface area (Å²) in [6.45, 7) is 3.71. The van der Waals surface area contributed by atoms with E-state index in [1.807, 2.05) is 13.8 Å². The third-order valence-corrected chi connectivity index (χ3v) is 2.85. The maximum absolute atomic E-state index is 11.7. The molecule has 0 aliphatic heterocycles. The van der Waals surface area contributed by atoms with E-state index in [2.05, 4.69) is 0 Å². The van der Waals surface area contributed by atoms with Gasteiger partial charge in [0.1, 0.15) is 0 Å². The Morgan fingerprint density at radius 3 is 2.33 bits per heavy atom. The van der Waals surface area contributed by atoms with Crippen LogP contribution in [-0.4, -0.2) is 13.0 Å². The minimum atomic E-state index is -0.0375. The zero-order chi connectivity index (χ0) is 11.6. The van der Waals surface area contributed by atoms with Crippen molar-refractivity contribution >= 4 is 34.8 Å². The Morgan fingerprint density at radius 1 is 1.27 bits per heavy atom. The van der Waals surface area contributed by atoms with Gasteiger partial charge in [-0.25, -0.2) is 0 Å². The van der Waals surface area contributed by atoms with Gasteiger partial charge in [-0.15, -0.1) is 0 Å². The second-order valence-electron chi connectivity index (χ2n) is 3.65. The van der Waals surface area contributed by atoms with Gasteiger partial charge in [-0.05, 0) is 18.2 Å². The minimum absolute atomic E-state index is 0.0375. The summed E-state index contributed by atoms with van der Waals surface area (Å²) in [7, 11) is 1.72. The lowest BCUT2D eigenvalue weighted by Crippen LogP contribution is -2.30. The summed E-state index contributed by atoms with van der Waals surface area (Å²) < 4.78 is 0. The van der Waals surface area contributed by atoms with E-state index in [1.165, 1.54) is 0 Å². The molecule has 0 N–H and O–H groups in total. The largest absolute Gasteiger partial charge is 0.315 e. The van der Waals surface area contributed by atoms with Crippen molar-refractivity contribution in [2.24, 2.45) is 5.92 Å². The summed E-state index contributed by atoms with van der Waals surface area (Å²) >= 11 is 11.7. The Morgan fingerprint density at radius 2 is 1.87 bits per heavy atom. The van der Waals surface area contributed by atoms with Gasteiger partial charge in [-0.3, -0.25) is 4.79 Å². The second kappa shape index (κ2) is 4.86. The van der Waals surface area contributed by atoms with Crippen molar-refractivity contribution < 1.29 is 4.79 Å². The van der Waals surface area contributed by atoms with Gasteiger partial charge in [0.25, 0.3) is 0 Å². The third-order valence-electron chi connectivity index (χ3n) is 2.11. The summed E-state index contributed by atoms with van der Waals surface area (Å²) in [6.07, 6.45) is 0. The predicted octanol–water partition coefficient (Wildman–Crippen LogP) is 3.61. The smallest absolute Gasteiger partial charge is 0.229 e. The lowest BCUT2D eigenvalue weighted by molar-refractivity contribution is -0.121. The van der Waals surface area contributed by atoms with Crippen molar-refractivity contribution in [1.29, 1.82) is 0 Å². The van der Waals surface area contributed by atoms with Crippen LogP contribution < -0.4 is 4.90 Å². The highest BCUT2D eigenvalue weighted by Gasteiger charge is 2.15. The molecule has 0 saturated heterocycles. The Balaban J connectivity index is 2.97. The van der Waals surface area contributed by atoms with E-state index in [4.69, 9.17) is 23.2 Å². The number of benzene rings is 1. The lowest BCUT2D eigenvalue weighted by Gasteiger charge is -2.19. The number of nitrogens with zero attached hydrogens (tertiary/aromatic N) is 1. The van der Waals surface area contributed by atoms with Crippen LogP contribution in [0.3, 0.4) is 0 Å². The number of hydrogen-bond donors (Lipinski definition) is 0. The van der Waals surface area contributed by atoms with Crippen LogP contribution in [0.25, 0.3) is 0 Å². The molecule has 0 spiro atoms. The average molecular weight is 246 g/mol. The molecule has 0 aliphatic rings. The van der Waals surface area contributed by atoms with Crippen LogP contribution in [0.4, 0.5) is 5.69 Å². The Labute approximate surface area is 99.8 Å². The molecule has 0 saturated carbocycles. The number of carbonyl (C=O) groups is 1. The number of rotatable bonds is 2. The van der Waals surface area contributed by atoms with Crippen LogP contribution in [-0.2, 0) is 4.79 Å². The fourth-order valence-electron chi connectivity index (χ4n) is 1.21. The van der Waals surface area contributed by atoms with Gasteiger partial charge < -0.3 is 4.90 Å². The van der Waals surface area contributed by atoms with Gasteiger partial charge in [0, 0.05) is 18.7 Å². The summed E-state index contributed by atoms with van der Waals surface area (Å²) in [5.41, 5.74) is 0.753. The van der Waals surface area contributed by atoms with Crippen LogP contribution in [0, 0.1) is 5.92 Å². The molecule has 0 fully saturated rings. The van der Waals surface area contributed by atoms with Crippen LogP contribution in [0.15, 0.2) is 18.2 Å². The fraction of sp³-hybridized carbons (Fsp3) is 0.364. The van der Waals surface area contributed by atoms with E-state index < -0.39 is 0 Å². The second-order valence-corrected chi connectivity index (χ2v) is 4.46. The summed E-state index contributed by atoms with van der Waals surface area (Å²) in [5.74, 6) is 0.0119. The topological polar surface area (TPSA) is 20.3 Å². The Bertz CT molecular complexity index is 377. The molecule has 0 radical (unpaired) electrons. The molecule has 0 atom stereocenters. The van der Waals surface area contributed by atoms with Crippen molar-refractivity contribution in [2.75, 3.05) is 11.9 Å². The number of halogens is 2. The molecular weight excluding hydrogens is 233 g/mol. The van der Waals surface area contributed by atoms with Gasteiger partial charge >= 0.3 is 0 Å². The molecule has 1 amide bonds. The molecule has 1 aromatic carbocycles. The van der Waals surface area contributed by atoms with Gasteiger partial charge in [-0.1, -0.05) is 37.0 Å². The molecule has 0 bridgehead atoms. The maximum Gasteiger partial charge on any atom is 0.229 e. The minimum Gasteiger partial charge on any atom is -0.315 e. The first-order valence-electron chi connectivity index (χ1n) is 4.66. The lowest BCUT2D eigenvalue weighted by atomic mass is 10.2. The number of amides is 1. The van der Waals surface area contributed by atoms with E-state index in [0.29, 0.717) is 10.0 Å². The maximum atomic E-state index is 11.7. The van der Waals surface area contributed by atoms with E-state index in [1.54, 1.807) is 30.1 Å². The van der Waals surface area contributed by atoms with Crippen LogP contribution in [0.1, 0.15) is 13.8 Å². The van der Waals surface area contributed by atoms with Crippen molar-refractivity contribution in [3.63, 3.8) is 0 Å². The quantitative estimate of drug-likeness (QED) is 0.780. The molecule has 4 heteroatoms. The van der Waals surface area contributed by atoms with E-state index in [0.717, 1.165) is 5.69 Å². The summed E-state index contributed by atoms with van der Waals surface area (Å²) in [4.78, 5) is 13.3. The molecular formula is C11H13Cl2NO.